The lowest BCUT2D eigenvalue weighted by Crippen LogP contribution is -2.29. The molecule has 1 aliphatic rings. The van der Waals surface area contributed by atoms with Gasteiger partial charge in [0.1, 0.15) is 0 Å². The van der Waals surface area contributed by atoms with Gasteiger partial charge in [0, 0.05) is 16.9 Å². The van der Waals surface area contributed by atoms with E-state index in [0.29, 0.717) is 29.3 Å². The van der Waals surface area contributed by atoms with Crippen LogP contribution in [-0.2, 0) is 4.74 Å². The minimum atomic E-state index is -0.463. The number of anilines is 1. The summed E-state index contributed by atoms with van der Waals surface area (Å²) < 4.78 is 10.6. The molecular weight excluding hydrogens is 398 g/mol. The van der Waals surface area contributed by atoms with Crippen LogP contribution >= 0.6 is 0 Å². The number of fused-ring (bicyclic) bond motifs is 1. The van der Waals surface area contributed by atoms with Gasteiger partial charge in [-0.1, -0.05) is 6.07 Å². The number of nitrogens with zero attached hydrogens (tertiary/aromatic N) is 2. The lowest BCUT2D eigenvalue weighted by molar-refractivity contribution is 0.0526. The molecule has 1 atom stereocenters. The molecule has 4 rings (SSSR count). The van der Waals surface area contributed by atoms with E-state index in [-0.39, 0.29) is 18.3 Å². The highest BCUT2D eigenvalue weighted by Crippen LogP contribution is 2.44. The molecule has 0 unspecified atom stereocenters. The summed E-state index contributed by atoms with van der Waals surface area (Å²) >= 11 is 0. The molecule has 1 aliphatic heterocycles. The maximum absolute atomic E-state index is 13.3. The molecule has 31 heavy (non-hydrogen) atoms. The number of hydrogen-bond donors (Lipinski definition) is 2. The van der Waals surface area contributed by atoms with E-state index in [9.17, 15) is 14.7 Å². The van der Waals surface area contributed by atoms with Crippen LogP contribution in [0.15, 0.2) is 42.5 Å². The Kier molecular flexibility index (Phi) is 5.37. The van der Waals surface area contributed by atoms with Crippen LogP contribution in [0.2, 0.25) is 0 Å². The number of H-pyrrole nitrogens is 1. The summed E-state index contributed by atoms with van der Waals surface area (Å²) in [5.41, 5.74) is 3.70. The van der Waals surface area contributed by atoms with Gasteiger partial charge < -0.3 is 14.6 Å². The SMILES string of the molecule is CCOC(=O)c1ccc(N2C(=O)c3n[nH]c(C)c3[C@@H]2c2ccc(O)c(OCC)c2)cc1. The molecule has 0 bridgehead atoms. The fraction of sp³-hybridized carbons (Fsp3) is 0.261. The van der Waals surface area contributed by atoms with Crippen LogP contribution in [0.5, 0.6) is 11.5 Å². The van der Waals surface area contributed by atoms with Crippen LogP contribution in [0.4, 0.5) is 5.69 Å². The molecule has 0 saturated heterocycles. The number of aromatic nitrogens is 2. The second-order valence-corrected chi connectivity index (χ2v) is 7.12. The largest absolute Gasteiger partial charge is 0.504 e. The van der Waals surface area contributed by atoms with E-state index in [1.54, 1.807) is 54.3 Å². The summed E-state index contributed by atoms with van der Waals surface area (Å²) in [7, 11) is 0. The highest BCUT2D eigenvalue weighted by molar-refractivity contribution is 6.10. The van der Waals surface area contributed by atoms with Gasteiger partial charge in [-0.2, -0.15) is 5.10 Å². The Balaban J connectivity index is 1.79. The smallest absolute Gasteiger partial charge is 0.338 e. The zero-order chi connectivity index (χ0) is 22.1. The molecule has 2 N–H and O–H groups in total. The molecule has 1 amide bonds. The van der Waals surface area contributed by atoms with Crippen LogP contribution in [0.3, 0.4) is 0 Å². The minimum Gasteiger partial charge on any atom is -0.504 e. The Morgan fingerprint density at radius 1 is 1.16 bits per heavy atom. The summed E-state index contributed by atoms with van der Waals surface area (Å²) in [6, 6.07) is 11.3. The van der Waals surface area contributed by atoms with Gasteiger partial charge in [-0.15, -0.1) is 0 Å². The Labute approximate surface area is 179 Å². The molecule has 0 spiro atoms. The highest BCUT2D eigenvalue weighted by Gasteiger charge is 2.42. The molecule has 160 valence electrons. The first-order chi connectivity index (χ1) is 15.0. The Morgan fingerprint density at radius 2 is 1.90 bits per heavy atom. The van der Waals surface area contributed by atoms with Crippen molar-refractivity contribution in [3.8, 4) is 11.5 Å². The average molecular weight is 421 g/mol. The molecule has 0 radical (unpaired) electrons. The second-order valence-electron chi connectivity index (χ2n) is 7.12. The normalized spacial score (nSPS) is 15.1. The van der Waals surface area contributed by atoms with Gasteiger partial charge in [0.15, 0.2) is 17.2 Å². The van der Waals surface area contributed by atoms with Crippen LogP contribution in [0, 0.1) is 6.92 Å². The number of esters is 1. The van der Waals surface area contributed by atoms with Crippen molar-refractivity contribution >= 4 is 17.6 Å². The second kappa shape index (κ2) is 8.14. The third-order valence-electron chi connectivity index (χ3n) is 5.20. The molecule has 3 aromatic rings. The predicted octanol–water partition coefficient (Wildman–Crippen LogP) is 3.75. The van der Waals surface area contributed by atoms with Crippen LogP contribution < -0.4 is 9.64 Å². The minimum absolute atomic E-state index is 0.0319. The van der Waals surface area contributed by atoms with E-state index in [1.807, 2.05) is 13.8 Å². The van der Waals surface area contributed by atoms with Crippen LogP contribution in [-0.4, -0.2) is 40.4 Å². The van der Waals surface area contributed by atoms with Crippen molar-refractivity contribution in [2.24, 2.45) is 0 Å². The molecule has 2 heterocycles. The maximum atomic E-state index is 13.3. The van der Waals surface area contributed by atoms with E-state index in [0.717, 1.165) is 16.8 Å². The number of rotatable bonds is 6. The van der Waals surface area contributed by atoms with Crippen molar-refractivity contribution in [3.05, 3.63) is 70.5 Å². The number of nitrogens with one attached hydrogen (secondary N) is 1. The maximum Gasteiger partial charge on any atom is 0.338 e. The summed E-state index contributed by atoms with van der Waals surface area (Å²) in [6.45, 7) is 6.13. The standard InChI is InChI=1S/C23H23N3O5/c1-4-30-18-12-15(8-11-17(18)27)21-19-13(3)24-25-20(19)22(28)26(21)16-9-6-14(7-10-16)23(29)31-5-2/h6-12,21,27H,4-5H2,1-3H3,(H,24,25)/t21-/m0/s1. The van der Waals surface area contributed by atoms with Gasteiger partial charge in [0.2, 0.25) is 0 Å². The third kappa shape index (κ3) is 3.50. The van der Waals surface area contributed by atoms with Gasteiger partial charge in [0.25, 0.3) is 5.91 Å². The molecule has 0 aliphatic carbocycles. The zero-order valence-electron chi connectivity index (χ0n) is 17.5. The van der Waals surface area contributed by atoms with Crippen molar-refractivity contribution in [2.45, 2.75) is 26.8 Å². The average Bonchev–Trinajstić information content (AvgIpc) is 3.28. The quantitative estimate of drug-likeness (QED) is 0.588. The number of aromatic amines is 1. The fourth-order valence-electron chi connectivity index (χ4n) is 3.82. The number of aromatic hydroxyl groups is 1. The number of amides is 1. The molecular formula is C23H23N3O5. The number of phenols is 1. The monoisotopic (exact) mass is 421 g/mol. The molecule has 8 nitrogen and oxygen atoms in total. The number of benzene rings is 2. The van der Waals surface area contributed by atoms with E-state index in [1.165, 1.54) is 0 Å². The van der Waals surface area contributed by atoms with Gasteiger partial charge in [-0.25, -0.2) is 4.79 Å². The van der Waals surface area contributed by atoms with Crippen molar-refractivity contribution in [2.75, 3.05) is 18.1 Å². The number of aryl methyl sites for hydroxylation is 1. The van der Waals surface area contributed by atoms with Crippen molar-refractivity contribution in [1.82, 2.24) is 10.2 Å². The van der Waals surface area contributed by atoms with Crippen LogP contribution in [0.25, 0.3) is 0 Å². The highest BCUT2D eigenvalue weighted by atomic mass is 16.5. The Hall–Kier alpha value is -3.81. The Morgan fingerprint density at radius 3 is 2.58 bits per heavy atom. The predicted molar refractivity (Wildman–Crippen MR) is 114 cm³/mol. The lowest BCUT2D eigenvalue weighted by Gasteiger charge is -2.27. The zero-order valence-corrected chi connectivity index (χ0v) is 17.5. The molecule has 0 fully saturated rings. The van der Waals surface area contributed by atoms with Gasteiger partial charge in [-0.3, -0.25) is 14.8 Å². The Bertz CT molecular complexity index is 1140. The number of ether oxygens (including phenoxy) is 2. The van der Waals surface area contributed by atoms with Gasteiger partial charge in [0.05, 0.1) is 24.8 Å². The number of phenolic OH excluding ortho intramolecular Hbond substituents is 1. The first-order valence-electron chi connectivity index (χ1n) is 10.1. The summed E-state index contributed by atoms with van der Waals surface area (Å²) in [5.74, 6) is -0.287. The first kappa shape index (κ1) is 20.5. The van der Waals surface area contributed by atoms with Gasteiger partial charge in [-0.05, 0) is 62.7 Å². The van der Waals surface area contributed by atoms with Gasteiger partial charge >= 0.3 is 5.97 Å². The molecule has 0 saturated carbocycles. The lowest BCUT2D eigenvalue weighted by atomic mass is 9.98. The topological polar surface area (TPSA) is 105 Å². The van der Waals surface area contributed by atoms with Crippen molar-refractivity contribution < 1.29 is 24.2 Å². The van der Waals surface area contributed by atoms with E-state index >= 15 is 0 Å². The molecule has 8 heteroatoms. The fourth-order valence-corrected chi connectivity index (χ4v) is 3.82. The molecule has 1 aromatic heterocycles. The summed E-state index contributed by atoms with van der Waals surface area (Å²) in [4.78, 5) is 26.9. The van der Waals surface area contributed by atoms with Crippen LogP contribution in [0.1, 0.15) is 57.6 Å². The number of hydrogen-bond acceptors (Lipinski definition) is 6. The first-order valence-corrected chi connectivity index (χ1v) is 10.1. The molecule has 2 aromatic carbocycles. The number of carbonyl (C=O) groups excluding carboxylic acids is 2. The van der Waals surface area contributed by atoms with E-state index < -0.39 is 12.0 Å². The van der Waals surface area contributed by atoms with E-state index in [4.69, 9.17) is 9.47 Å². The van der Waals surface area contributed by atoms with E-state index in [2.05, 4.69) is 10.2 Å². The van der Waals surface area contributed by atoms with Crippen molar-refractivity contribution in [1.29, 1.82) is 0 Å². The summed E-state index contributed by atoms with van der Waals surface area (Å²) in [6.07, 6.45) is 0. The third-order valence-corrected chi connectivity index (χ3v) is 5.20. The summed E-state index contributed by atoms with van der Waals surface area (Å²) in [5, 5.41) is 17.2. The van der Waals surface area contributed by atoms with Crippen molar-refractivity contribution in [3.63, 3.8) is 0 Å². The number of carbonyl (C=O) groups is 2.